The quantitative estimate of drug-likeness (QED) is 0.699. The number of hydrogen-bond donors (Lipinski definition) is 1. The molecule has 0 radical (unpaired) electrons. The molecule has 1 aliphatic carbocycles. The first-order chi connectivity index (χ1) is 14.9. The van der Waals surface area contributed by atoms with E-state index >= 15 is 0 Å². The zero-order chi connectivity index (χ0) is 21.8. The standard InChI is InChI=1S/C23H28F3N3O2/c24-23(25,26)18-7-4-8-20(13-18)31-12-10-19-14-21(28-27-19)17-9-11-29(15-17)22(30)16-5-2-1-3-6-16/h4,7-8,13-14,16-17H,1-3,5-6,9-12,15H2,(H,27,28)/t17-/m1/s1. The maximum absolute atomic E-state index is 12.8. The molecule has 1 saturated heterocycles. The predicted octanol–water partition coefficient (Wildman–Crippen LogP) is 4.95. The van der Waals surface area contributed by atoms with Crippen LogP contribution in [-0.2, 0) is 17.4 Å². The summed E-state index contributed by atoms with van der Waals surface area (Å²) in [4.78, 5) is 14.7. The van der Waals surface area contributed by atoms with Crippen LogP contribution in [-0.4, -0.2) is 40.7 Å². The van der Waals surface area contributed by atoms with Gasteiger partial charge in [0, 0.05) is 37.0 Å². The zero-order valence-electron chi connectivity index (χ0n) is 17.5. The van der Waals surface area contributed by atoms with Crippen LogP contribution in [0.5, 0.6) is 5.75 Å². The summed E-state index contributed by atoms with van der Waals surface area (Å²) in [6, 6.07) is 6.87. The molecule has 31 heavy (non-hydrogen) atoms. The lowest BCUT2D eigenvalue weighted by Crippen LogP contribution is -2.35. The van der Waals surface area contributed by atoms with Gasteiger partial charge < -0.3 is 9.64 Å². The number of likely N-dealkylation sites (tertiary alicyclic amines) is 1. The number of ether oxygens (including phenoxy) is 1. The van der Waals surface area contributed by atoms with E-state index in [-0.39, 0.29) is 24.2 Å². The van der Waals surface area contributed by atoms with Gasteiger partial charge in [0.15, 0.2) is 0 Å². The number of aromatic amines is 1. The molecule has 4 rings (SSSR count). The number of nitrogens with zero attached hydrogens (tertiary/aromatic N) is 2. The minimum absolute atomic E-state index is 0.190. The molecule has 0 bridgehead atoms. The van der Waals surface area contributed by atoms with Crippen LogP contribution in [0.4, 0.5) is 13.2 Å². The molecule has 1 aliphatic heterocycles. The van der Waals surface area contributed by atoms with Gasteiger partial charge in [0.2, 0.25) is 5.91 Å². The van der Waals surface area contributed by atoms with E-state index < -0.39 is 11.7 Å². The van der Waals surface area contributed by atoms with E-state index in [1.807, 2.05) is 11.0 Å². The largest absolute Gasteiger partial charge is 0.493 e. The van der Waals surface area contributed by atoms with Crippen LogP contribution in [0.2, 0.25) is 0 Å². The summed E-state index contributed by atoms with van der Waals surface area (Å²) < 4.78 is 43.9. The third-order valence-electron chi connectivity index (χ3n) is 6.32. The van der Waals surface area contributed by atoms with Crippen LogP contribution in [0.3, 0.4) is 0 Å². The van der Waals surface area contributed by atoms with Gasteiger partial charge in [-0.1, -0.05) is 25.3 Å². The lowest BCUT2D eigenvalue weighted by atomic mass is 9.88. The van der Waals surface area contributed by atoms with Gasteiger partial charge in [-0.05, 0) is 43.5 Å². The topological polar surface area (TPSA) is 58.2 Å². The molecule has 1 aromatic carbocycles. The van der Waals surface area contributed by atoms with Crippen molar-refractivity contribution in [3.05, 3.63) is 47.3 Å². The van der Waals surface area contributed by atoms with Gasteiger partial charge in [-0.3, -0.25) is 9.89 Å². The number of halogens is 3. The molecule has 168 valence electrons. The molecule has 1 N–H and O–H groups in total. The fourth-order valence-electron chi connectivity index (χ4n) is 4.57. The van der Waals surface area contributed by atoms with Crippen LogP contribution in [0.15, 0.2) is 30.3 Å². The molecule has 0 unspecified atom stereocenters. The Morgan fingerprint density at radius 2 is 1.97 bits per heavy atom. The zero-order valence-corrected chi connectivity index (χ0v) is 17.5. The van der Waals surface area contributed by atoms with Crippen LogP contribution < -0.4 is 4.74 Å². The number of carbonyl (C=O) groups is 1. The number of aromatic nitrogens is 2. The molecule has 2 aliphatic rings. The van der Waals surface area contributed by atoms with Crippen molar-refractivity contribution in [1.82, 2.24) is 15.1 Å². The fourth-order valence-corrected chi connectivity index (χ4v) is 4.57. The van der Waals surface area contributed by atoms with Crippen molar-refractivity contribution in [2.45, 2.75) is 57.0 Å². The van der Waals surface area contributed by atoms with Crippen molar-refractivity contribution in [3.8, 4) is 5.75 Å². The molecule has 2 heterocycles. The molecule has 1 atom stereocenters. The van der Waals surface area contributed by atoms with Crippen molar-refractivity contribution in [2.24, 2.45) is 5.92 Å². The molecule has 2 aromatic rings. The van der Waals surface area contributed by atoms with Gasteiger partial charge in [0.1, 0.15) is 5.75 Å². The molecular formula is C23H28F3N3O2. The summed E-state index contributed by atoms with van der Waals surface area (Å²) in [6.45, 7) is 1.74. The monoisotopic (exact) mass is 435 g/mol. The molecule has 1 amide bonds. The first-order valence-corrected chi connectivity index (χ1v) is 11.0. The number of rotatable bonds is 6. The highest BCUT2D eigenvalue weighted by atomic mass is 19.4. The third-order valence-corrected chi connectivity index (χ3v) is 6.32. The van der Waals surface area contributed by atoms with E-state index in [1.165, 1.54) is 18.6 Å². The van der Waals surface area contributed by atoms with Gasteiger partial charge in [-0.2, -0.15) is 18.3 Å². The van der Waals surface area contributed by atoms with E-state index in [0.29, 0.717) is 18.9 Å². The minimum atomic E-state index is -4.38. The number of benzene rings is 1. The summed E-state index contributed by atoms with van der Waals surface area (Å²) in [5.41, 5.74) is 1.09. The van der Waals surface area contributed by atoms with Gasteiger partial charge in [-0.25, -0.2) is 0 Å². The van der Waals surface area contributed by atoms with E-state index in [0.717, 1.165) is 62.2 Å². The first-order valence-electron chi connectivity index (χ1n) is 11.0. The van der Waals surface area contributed by atoms with Crippen molar-refractivity contribution in [3.63, 3.8) is 0 Å². The number of carbonyl (C=O) groups excluding carboxylic acids is 1. The van der Waals surface area contributed by atoms with E-state index in [4.69, 9.17) is 4.74 Å². The highest BCUT2D eigenvalue weighted by molar-refractivity contribution is 5.79. The maximum Gasteiger partial charge on any atom is 0.416 e. The van der Waals surface area contributed by atoms with Gasteiger partial charge >= 0.3 is 6.18 Å². The smallest absolute Gasteiger partial charge is 0.416 e. The molecule has 5 nitrogen and oxygen atoms in total. The Kier molecular flexibility index (Phi) is 6.53. The average molecular weight is 435 g/mol. The summed E-state index contributed by atoms with van der Waals surface area (Å²) in [7, 11) is 0. The Bertz CT molecular complexity index is 890. The molecular weight excluding hydrogens is 407 g/mol. The molecule has 8 heteroatoms. The number of H-pyrrole nitrogens is 1. The predicted molar refractivity (Wildman–Crippen MR) is 110 cm³/mol. The second-order valence-corrected chi connectivity index (χ2v) is 8.55. The van der Waals surface area contributed by atoms with E-state index in [1.54, 1.807) is 0 Å². The van der Waals surface area contributed by atoms with Gasteiger partial charge in [-0.15, -0.1) is 0 Å². The van der Waals surface area contributed by atoms with Gasteiger partial charge in [0.25, 0.3) is 0 Å². The van der Waals surface area contributed by atoms with Crippen LogP contribution in [0.25, 0.3) is 0 Å². The summed E-state index contributed by atoms with van der Waals surface area (Å²) in [6.07, 6.45) is 2.60. The number of alkyl halides is 3. The number of nitrogens with one attached hydrogen (secondary N) is 1. The summed E-state index contributed by atoms with van der Waals surface area (Å²) in [5.74, 6) is 0.909. The van der Waals surface area contributed by atoms with Crippen molar-refractivity contribution in [2.75, 3.05) is 19.7 Å². The maximum atomic E-state index is 12.8. The van der Waals surface area contributed by atoms with E-state index in [2.05, 4.69) is 10.2 Å². The Morgan fingerprint density at radius 3 is 2.74 bits per heavy atom. The SMILES string of the molecule is O=C(C1CCCCC1)N1CC[C@@H](c2cc(CCOc3cccc(C(F)(F)F)c3)[nH]n2)C1. The number of amides is 1. The second-order valence-electron chi connectivity index (χ2n) is 8.55. The molecule has 1 aromatic heterocycles. The van der Waals surface area contributed by atoms with Crippen LogP contribution in [0, 0.1) is 5.92 Å². The minimum Gasteiger partial charge on any atom is -0.493 e. The average Bonchev–Trinajstić information content (AvgIpc) is 3.43. The van der Waals surface area contributed by atoms with Crippen molar-refractivity contribution in [1.29, 1.82) is 0 Å². The van der Waals surface area contributed by atoms with E-state index in [9.17, 15) is 18.0 Å². The lowest BCUT2D eigenvalue weighted by molar-refractivity contribution is -0.138. The fraction of sp³-hybridized carbons (Fsp3) is 0.565. The molecule has 2 fully saturated rings. The Morgan fingerprint density at radius 1 is 1.16 bits per heavy atom. The molecule has 0 spiro atoms. The summed E-state index contributed by atoms with van der Waals surface area (Å²) in [5, 5.41) is 7.41. The van der Waals surface area contributed by atoms with Crippen LogP contribution in [0.1, 0.15) is 61.4 Å². The van der Waals surface area contributed by atoms with Crippen LogP contribution >= 0.6 is 0 Å². The highest BCUT2D eigenvalue weighted by Crippen LogP contribution is 2.32. The highest BCUT2D eigenvalue weighted by Gasteiger charge is 2.33. The first kappa shape index (κ1) is 21.7. The lowest BCUT2D eigenvalue weighted by Gasteiger charge is -2.26. The Balaban J connectivity index is 1.27. The molecule has 1 saturated carbocycles. The normalized spacial score (nSPS) is 20.2. The number of hydrogen-bond acceptors (Lipinski definition) is 3. The second kappa shape index (κ2) is 9.32. The third kappa shape index (κ3) is 5.40. The van der Waals surface area contributed by atoms with Crippen molar-refractivity contribution >= 4 is 5.91 Å². The summed E-state index contributed by atoms with van der Waals surface area (Å²) >= 11 is 0. The van der Waals surface area contributed by atoms with Gasteiger partial charge in [0.05, 0.1) is 17.9 Å². The Labute approximate surface area is 180 Å². The van der Waals surface area contributed by atoms with Crippen molar-refractivity contribution < 1.29 is 22.7 Å². The Hall–Kier alpha value is -2.51.